The van der Waals surface area contributed by atoms with E-state index in [4.69, 9.17) is 5.73 Å². The number of pyridine rings is 1. The van der Waals surface area contributed by atoms with E-state index in [1.54, 1.807) is 19.1 Å². The second-order valence-corrected chi connectivity index (χ2v) is 5.59. The van der Waals surface area contributed by atoms with Gasteiger partial charge in [-0.15, -0.1) is 0 Å². The highest BCUT2D eigenvalue weighted by atomic mass is 32.2. The first-order valence-corrected chi connectivity index (χ1v) is 6.88. The smallest absolute Gasteiger partial charge is 0.263 e. The Morgan fingerprint density at radius 1 is 1.26 bits per heavy atom. The van der Waals surface area contributed by atoms with E-state index in [-0.39, 0.29) is 10.7 Å². The second-order valence-electron chi connectivity index (χ2n) is 3.94. The van der Waals surface area contributed by atoms with Crippen LogP contribution in [0.1, 0.15) is 5.56 Å². The van der Waals surface area contributed by atoms with Gasteiger partial charge in [-0.05, 0) is 36.8 Å². The molecule has 0 atom stereocenters. The zero-order valence-corrected chi connectivity index (χ0v) is 10.9. The van der Waals surface area contributed by atoms with Crippen molar-refractivity contribution in [2.24, 2.45) is 0 Å². The van der Waals surface area contributed by atoms with Gasteiger partial charge in [-0.25, -0.2) is 17.8 Å². The predicted octanol–water partition coefficient (Wildman–Crippen LogP) is 1.91. The third kappa shape index (κ3) is 2.82. The summed E-state index contributed by atoms with van der Waals surface area (Å²) in [4.78, 5) is 3.71. The lowest BCUT2D eigenvalue weighted by Gasteiger charge is -2.10. The molecule has 5 nitrogen and oxygen atoms in total. The normalized spacial score (nSPS) is 11.3. The van der Waals surface area contributed by atoms with Crippen LogP contribution in [-0.2, 0) is 10.0 Å². The Labute approximate surface area is 110 Å². The monoisotopic (exact) mass is 281 g/mol. The number of benzene rings is 1. The average molecular weight is 281 g/mol. The molecule has 1 heterocycles. The summed E-state index contributed by atoms with van der Waals surface area (Å²) >= 11 is 0. The minimum absolute atomic E-state index is 0.0447. The van der Waals surface area contributed by atoms with Crippen LogP contribution in [-0.4, -0.2) is 13.4 Å². The highest BCUT2D eigenvalue weighted by molar-refractivity contribution is 7.92. The standard InChI is InChI=1S/C12H12FN3O2S/c1-8-10(14)3-2-4-11(8)19(17,18)16-12-6-5-9(13)7-15-12/h2-7H,14H2,1H3,(H,15,16). The van der Waals surface area contributed by atoms with Crippen LogP contribution in [0.25, 0.3) is 0 Å². The van der Waals surface area contributed by atoms with Crippen molar-refractivity contribution < 1.29 is 12.8 Å². The van der Waals surface area contributed by atoms with Gasteiger partial charge < -0.3 is 5.73 Å². The van der Waals surface area contributed by atoms with Gasteiger partial charge in [-0.2, -0.15) is 0 Å². The molecule has 0 aliphatic heterocycles. The molecule has 2 rings (SSSR count). The highest BCUT2D eigenvalue weighted by Gasteiger charge is 2.18. The van der Waals surface area contributed by atoms with Crippen molar-refractivity contribution >= 4 is 21.5 Å². The molecule has 0 radical (unpaired) electrons. The first-order valence-electron chi connectivity index (χ1n) is 5.39. The first-order chi connectivity index (χ1) is 8.90. The van der Waals surface area contributed by atoms with E-state index in [2.05, 4.69) is 9.71 Å². The lowest BCUT2D eigenvalue weighted by Crippen LogP contribution is -2.15. The van der Waals surface area contributed by atoms with Gasteiger partial charge in [-0.3, -0.25) is 4.72 Å². The third-order valence-electron chi connectivity index (χ3n) is 2.58. The summed E-state index contributed by atoms with van der Waals surface area (Å²) < 4.78 is 39.3. The zero-order chi connectivity index (χ0) is 14.0. The molecular weight excluding hydrogens is 269 g/mol. The number of hydrogen-bond acceptors (Lipinski definition) is 4. The van der Waals surface area contributed by atoms with Crippen LogP contribution in [0.5, 0.6) is 0 Å². The van der Waals surface area contributed by atoms with Crippen LogP contribution in [0.2, 0.25) is 0 Å². The molecule has 0 aliphatic rings. The van der Waals surface area contributed by atoms with E-state index in [9.17, 15) is 12.8 Å². The molecule has 19 heavy (non-hydrogen) atoms. The molecule has 0 saturated heterocycles. The molecule has 3 N–H and O–H groups in total. The summed E-state index contributed by atoms with van der Waals surface area (Å²) in [5.74, 6) is -0.494. The number of hydrogen-bond donors (Lipinski definition) is 2. The Morgan fingerprint density at radius 2 is 2.00 bits per heavy atom. The molecule has 2 aromatic rings. The maximum Gasteiger partial charge on any atom is 0.263 e. The number of anilines is 2. The van der Waals surface area contributed by atoms with Crippen LogP contribution in [0.15, 0.2) is 41.4 Å². The Kier molecular flexibility index (Phi) is 3.39. The Balaban J connectivity index is 2.38. The van der Waals surface area contributed by atoms with Gasteiger partial charge in [0.1, 0.15) is 11.6 Å². The molecule has 0 bridgehead atoms. The van der Waals surface area contributed by atoms with Crippen molar-refractivity contribution in [3.8, 4) is 0 Å². The summed E-state index contributed by atoms with van der Waals surface area (Å²) in [7, 11) is -3.79. The topological polar surface area (TPSA) is 85.1 Å². The van der Waals surface area contributed by atoms with E-state index in [1.807, 2.05) is 0 Å². The number of halogens is 1. The Bertz CT molecular complexity index is 699. The van der Waals surface area contributed by atoms with Crippen molar-refractivity contribution in [3.63, 3.8) is 0 Å². The van der Waals surface area contributed by atoms with Gasteiger partial charge in [0.2, 0.25) is 0 Å². The SMILES string of the molecule is Cc1c(N)cccc1S(=O)(=O)Nc1ccc(F)cn1. The molecule has 100 valence electrons. The van der Waals surface area contributed by atoms with Crippen molar-refractivity contribution in [1.29, 1.82) is 0 Å². The van der Waals surface area contributed by atoms with E-state index in [0.29, 0.717) is 11.3 Å². The third-order valence-corrected chi connectivity index (χ3v) is 4.08. The number of rotatable bonds is 3. The van der Waals surface area contributed by atoms with Crippen LogP contribution in [0.4, 0.5) is 15.9 Å². The number of nitrogens with two attached hydrogens (primary N) is 1. The Hall–Kier alpha value is -2.15. The van der Waals surface area contributed by atoms with Gasteiger partial charge in [0.05, 0.1) is 11.1 Å². The van der Waals surface area contributed by atoms with Crippen LogP contribution in [0, 0.1) is 12.7 Å². The van der Waals surface area contributed by atoms with Gasteiger partial charge in [-0.1, -0.05) is 6.07 Å². The van der Waals surface area contributed by atoms with Gasteiger partial charge >= 0.3 is 0 Å². The number of nitrogen functional groups attached to an aromatic ring is 1. The summed E-state index contributed by atoms with van der Waals surface area (Å²) in [6.07, 6.45) is 0.935. The molecule has 1 aromatic heterocycles. The van der Waals surface area contributed by atoms with Gasteiger partial charge in [0.15, 0.2) is 0 Å². The summed E-state index contributed by atoms with van der Waals surface area (Å²) in [6.45, 7) is 1.61. The number of nitrogens with one attached hydrogen (secondary N) is 1. The molecule has 0 saturated carbocycles. The lowest BCUT2D eigenvalue weighted by atomic mass is 10.2. The maximum atomic E-state index is 12.7. The van der Waals surface area contributed by atoms with E-state index in [0.717, 1.165) is 12.3 Å². The summed E-state index contributed by atoms with van der Waals surface area (Å²) in [5.41, 5.74) is 6.51. The molecule has 7 heteroatoms. The molecular formula is C12H12FN3O2S. The fourth-order valence-corrected chi connectivity index (χ4v) is 2.84. The van der Waals surface area contributed by atoms with Gasteiger partial charge in [0, 0.05) is 5.69 Å². The summed E-state index contributed by atoms with van der Waals surface area (Å²) in [6, 6.07) is 6.97. The van der Waals surface area contributed by atoms with Crippen LogP contribution < -0.4 is 10.5 Å². The van der Waals surface area contributed by atoms with Crippen LogP contribution in [0.3, 0.4) is 0 Å². The minimum Gasteiger partial charge on any atom is -0.398 e. The lowest BCUT2D eigenvalue weighted by molar-refractivity contribution is 0.600. The molecule has 0 amide bonds. The fraction of sp³-hybridized carbons (Fsp3) is 0.0833. The molecule has 0 unspecified atom stereocenters. The molecule has 0 fully saturated rings. The average Bonchev–Trinajstić information content (AvgIpc) is 2.35. The van der Waals surface area contributed by atoms with Crippen molar-refractivity contribution in [1.82, 2.24) is 4.98 Å². The number of nitrogens with zero attached hydrogens (tertiary/aromatic N) is 1. The fourth-order valence-electron chi connectivity index (χ4n) is 1.55. The van der Waals surface area contributed by atoms with Gasteiger partial charge in [0.25, 0.3) is 10.0 Å². The second kappa shape index (κ2) is 4.85. The highest BCUT2D eigenvalue weighted by Crippen LogP contribution is 2.22. The van der Waals surface area contributed by atoms with Crippen molar-refractivity contribution in [2.45, 2.75) is 11.8 Å². The zero-order valence-electron chi connectivity index (χ0n) is 10.1. The van der Waals surface area contributed by atoms with Crippen molar-refractivity contribution in [3.05, 3.63) is 47.9 Å². The number of sulfonamides is 1. The van der Waals surface area contributed by atoms with Crippen LogP contribution >= 0.6 is 0 Å². The maximum absolute atomic E-state index is 12.7. The minimum atomic E-state index is -3.79. The molecule has 0 spiro atoms. The molecule has 0 aliphatic carbocycles. The number of aromatic nitrogens is 1. The predicted molar refractivity (Wildman–Crippen MR) is 70.6 cm³/mol. The quantitative estimate of drug-likeness (QED) is 0.842. The van der Waals surface area contributed by atoms with E-state index >= 15 is 0 Å². The Morgan fingerprint density at radius 3 is 2.63 bits per heavy atom. The molecule has 1 aromatic carbocycles. The summed E-state index contributed by atoms with van der Waals surface area (Å²) in [5, 5.41) is 0. The van der Waals surface area contributed by atoms with Crippen molar-refractivity contribution in [2.75, 3.05) is 10.5 Å². The van der Waals surface area contributed by atoms with E-state index < -0.39 is 15.8 Å². The van der Waals surface area contributed by atoms with E-state index in [1.165, 1.54) is 12.1 Å². The first kappa shape index (κ1) is 13.3. The largest absolute Gasteiger partial charge is 0.398 e.